The molecule has 0 radical (unpaired) electrons. The van der Waals surface area contributed by atoms with E-state index in [-0.39, 0.29) is 23.7 Å². The Morgan fingerprint density at radius 3 is 2.36 bits per heavy atom. The van der Waals surface area contributed by atoms with Crippen molar-refractivity contribution in [3.05, 3.63) is 56.6 Å². The van der Waals surface area contributed by atoms with Crippen LogP contribution in [0, 0.1) is 3.57 Å². The standard InChI is InChI=1S/C20H20ClIN2O4/c21-12-1-3-13(4-2-12)23-20(27)24-14-5-7-15(8-6-14)28-16-9-10-17(19(25)26)18(22)11-16/h1-4,9-11,14-15H,5-8H2,(H,25,26)(H2,23,24,27). The number of carbonyl (C=O) groups is 2. The highest BCUT2D eigenvalue weighted by Crippen LogP contribution is 2.26. The van der Waals surface area contributed by atoms with Gasteiger partial charge in [-0.3, -0.25) is 0 Å². The van der Waals surface area contributed by atoms with E-state index in [9.17, 15) is 9.59 Å². The van der Waals surface area contributed by atoms with Gasteiger partial charge in [0.15, 0.2) is 0 Å². The summed E-state index contributed by atoms with van der Waals surface area (Å²) in [7, 11) is 0. The van der Waals surface area contributed by atoms with E-state index >= 15 is 0 Å². The highest BCUT2D eigenvalue weighted by Gasteiger charge is 2.24. The third-order valence-electron chi connectivity index (χ3n) is 4.59. The van der Waals surface area contributed by atoms with Crippen LogP contribution in [0.25, 0.3) is 0 Å². The van der Waals surface area contributed by atoms with E-state index < -0.39 is 5.97 Å². The first-order chi connectivity index (χ1) is 13.4. The Labute approximate surface area is 181 Å². The largest absolute Gasteiger partial charge is 0.490 e. The Morgan fingerprint density at radius 1 is 1.07 bits per heavy atom. The van der Waals surface area contributed by atoms with Gasteiger partial charge in [0.2, 0.25) is 0 Å². The second-order valence-corrected chi connectivity index (χ2v) is 8.24. The maximum Gasteiger partial charge on any atom is 0.336 e. The number of carbonyl (C=O) groups excluding carboxylic acids is 1. The van der Waals surface area contributed by atoms with Gasteiger partial charge in [-0.05, 0) is 90.7 Å². The number of nitrogens with one attached hydrogen (secondary N) is 2. The molecule has 8 heteroatoms. The molecule has 1 aliphatic carbocycles. The summed E-state index contributed by atoms with van der Waals surface area (Å²) in [6, 6.07) is 11.8. The Kier molecular flexibility index (Phi) is 7.01. The number of rotatable bonds is 5. The normalized spacial score (nSPS) is 18.9. The Morgan fingerprint density at radius 2 is 1.75 bits per heavy atom. The van der Waals surface area contributed by atoms with Gasteiger partial charge in [-0.15, -0.1) is 0 Å². The van der Waals surface area contributed by atoms with Crippen molar-refractivity contribution < 1.29 is 19.4 Å². The minimum atomic E-state index is -0.945. The van der Waals surface area contributed by atoms with Gasteiger partial charge in [0.1, 0.15) is 5.75 Å². The van der Waals surface area contributed by atoms with Crippen molar-refractivity contribution in [1.82, 2.24) is 5.32 Å². The molecular weight excluding hydrogens is 495 g/mol. The minimum Gasteiger partial charge on any atom is -0.490 e. The first kappa shape index (κ1) is 20.7. The number of carboxylic acids is 1. The average Bonchev–Trinajstić information content (AvgIpc) is 2.65. The number of aromatic carboxylic acids is 1. The van der Waals surface area contributed by atoms with Gasteiger partial charge in [-0.1, -0.05) is 11.6 Å². The lowest BCUT2D eigenvalue weighted by Crippen LogP contribution is -2.41. The number of hydrogen-bond donors (Lipinski definition) is 3. The molecular formula is C20H20ClIN2O4. The SMILES string of the molecule is O=C(Nc1ccc(Cl)cc1)NC1CCC(Oc2ccc(C(=O)O)c(I)c2)CC1. The molecule has 0 spiro atoms. The van der Waals surface area contributed by atoms with Gasteiger partial charge in [-0.25, -0.2) is 9.59 Å². The molecule has 6 nitrogen and oxygen atoms in total. The van der Waals surface area contributed by atoms with Crippen LogP contribution >= 0.6 is 34.2 Å². The third-order valence-corrected chi connectivity index (χ3v) is 5.73. The van der Waals surface area contributed by atoms with Crippen LogP contribution < -0.4 is 15.4 Å². The number of halogens is 2. The fourth-order valence-corrected chi connectivity index (χ4v) is 3.99. The second kappa shape index (κ2) is 9.47. The van der Waals surface area contributed by atoms with E-state index in [1.807, 2.05) is 22.6 Å². The van der Waals surface area contributed by atoms with E-state index in [0.29, 0.717) is 20.0 Å². The zero-order valence-electron chi connectivity index (χ0n) is 15.0. The number of carboxylic acid groups (broad SMARTS) is 1. The fraction of sp³-hybridized carbons (Fsp3) is 0.300. The van der Waals surface area contributed by atoms with Crippen molar-refractivity contribution in [2.45, 2.75) is 37.8 Å². The number of amides is 2. The number of hydrogen-bond acceptors (Lipinski definition) is 3. The number of benzene rings is 2. The molecule has 3 N–H and O–H groups in total. The lowest BCUT2D eigenvalue weighted by molar-refractivity contribution is 0.0695. The summed E-state index contributed by atoms with van der Waals surface area (Å²) in [4.78, 5) is 23.2. The first-order valence-corrected chi connectivity index (χ1v) is 10.4. The molecule has 2 amide bonds. The monoisotopic (exact) mass is 514 g/mol. The molecule has 1 saturated carbocycles. The molecule has 1 aliphatic rings. The van der Waals surface area contributed by atoms with E-state index in [1.54, 1.807) is 42.5 Å². The van der Waals surface area contributed by atoms with Crippen molar-refractivity contribution in [2.75, 3.05) is 5.32 Å². The van der Waals surface area contributed by atoms with E-state index in [2.05, 4.69) is 10.6 Å². The van der Waals surface area contributed by atoms with E-state index in [1.165, 1.54) is 0 Å². The number of ether oxygens (including phenoxy) is 1. The van der Waals surface area contributed by atoms with Crippen LogP contribution in [0.1, 0.15) is 36.0 Å². The van der Waals surface area contributed by atoms with Crippen molar-refractivity contribution in [3.63, 3.8) is 0 Å². The number of anilines is 1. The summed E-state index contributed by atoms with van der Waals surface area (Å²) in [6.07, 6.45) is 3.35. The molecule has 0 heterocycles. The average molecular weight is 515 g/mol. The Bertz CT molecular complexity index is 852. The van der Waals surface area contributed by atoms with Gasteiger partial charge < -0.3 is 20.5 Å². The highest BCUT2D eigenvalue weighted by atomic mass is 127. The van der Waals surface area contributed by atoms with Crippen molar-refractivity contribution in [3.8, 4) is 5.75 Å². The molecule has 1 fully saturated rings. The molecule has 3 rings (SSSR count). The molecule has 2 aromatic rings. The van der Waals surface area contributed by atoms with Crippen LogP contribution in [0.15, 0.2) is 42.5 Å². The maximum atomic E-state index is 12.1. The first-order valence-electron chi connectivity index (χ1n) is 8.93. The quantitative estimate of drug-likeness (QED) is 0.481. The minimum absolute atomic E-state index is 0.0591. The van der Waals surface area contributed by atoms with Gasteiger partial charge in [0.05, 0.1) is 11.7 Å². The molecule has 0 atom stereocenters. The number of urea groups is 1. The maximum absolute atomic E-state index is 12.1. The predicted molar refractivity (Wildman–Crippen MR) is 116 cm³/mol. The zero-order valence-corrected chi connectivity index (χ0v) is 17.9. The van der Waals surface area contributed by atoms with Crippen molar-refractivity contribution >= 4 is 51.9 Å². The molecule has 28 heavy (non-hydrogen) atoms. The van der Waals surface area contributed by atoms with E-state index in [4.69, 9.17) is 21.4 Å². The van der Waals surface area contributed by atoms with Gasteiger partial charge in [0.25, 0.3) is 0 Å². The second-order valence-electron chi connectivity index (χ2n) is 6.64. The fourth-order valence-electron chi connectivity index (χ4n) is 3.15. The van der Waals surface area contributed by atoms with Crippen LogP contribution in [0.3, 0.4) is 0 Å². The molecule has 0 saturated heterocycles. The smallest absolute Gasteiger partial charge is 0.336 e. The van der Waals surface area contributed by atoms with Crippen LogP contribution in [0.5, 0.6) is 5.75 Å². The zero-order chi connectivity index (χ0) is 20.1. The molecule has 0 bridgehead atoms. The van der Waals surface area contributed by atoms with Crippen LogP contribution in [0.4, 0.5) is 10.5 Å². The predicted octanol–water partition coefficient (Wildman–Crippen LogP) is 5.15. The summed E-state index contributed by atoms with van der Waals surface area (Å²) in [5, 5.41) is 15.5. The molecule has 0 aliphatic heterocycles. The van der Waals surface area contributed by atoms with Crippen molar-refractivity contribution in [2.24, 2.45) is 0 Å². The summed E-state index contributed by atoms with van der Waals surface area (Å²) in [5.74, 6) is -0.272. The van der Waals surface area contributed by atoms with Crippen LogP contribution in [-0.2, 0) is 0 Å². The van der Waals surface area contributed by atoms with Crippen LogP contribution in [0.2, 0.25) is 5.02 Å². The summed E-state index contributed by atoms with van der Waals surface area (Å²) < 4.78 is 6.64. The highest BCUT2D eigenvalue weighted by molar-refractivity contribution is 14.1. The van der Waals surface area contributed by atoms with Gasteiger partial charge in [-0.2, -0.15) is 0 Å². The van der Waals surface area contributed by atoms with Gasteiger partial charge >= 0.3 is 12.0 Å². The van der Waals surface area contributed by atoms with Crippen molar-refractivity contribution in [1.29, 1.82) is 0 Å². The molecule has 0 unspecified atom stereocenters. The van der Waals surface area contributed by atoms with E-state index in [0.717, 1.165) is 25.7 Å². The molecule has 148 valence electrons. The van der Waals surface area contributed by atoms with Crippen LogP contribution in [-0.4, -0.2) is 29.3 Å². The summed E-state index contributed by atoms with van der Waals surface area (Å²) >= 11 is 7.84. The topological polar surface area (TPSA) is 87.7 Å². The lowest BCUT2D eigenvalue weighted by atomic mass is 9.93. The summed E-state index contributed by atoms with van der Waals surface area (Å²) in [5.41, 5.74) is 0.964. The lowest BCUT2D eigenvalue weighted by Gasteiger charge is -2.29. The molecule has 0 aromatic heterocycles. The third kappa shape index (κ3) is 5.75. The Balaban J connectivity index is 1.45. The Hall–Kier alpha value is -2.00. The summed E-state index contributed by atoms with van der Waals surface area (Å²) in [6.45, 7) is 0. The van der Waals surface area contributed by atoms with Gasteiger partial charge in [0, 0.05) is 20.3 Å². The molecule has 2 aromatic carbocycles.